The van der Waals surface area contributed by atoms with Gasteiger partial charge in [0.05, 0.1) is 0 Å². The first-order valence-corrected chi connectivity index (χ1v) is 8.52. The molecule has 1 nitrogen and oxygen atoms in total. The monoisotopic (exact) mass is 315 g/mol. The molecule has 0 aliphatic carbocycles. The highest BCUT2D eigenvalue weighted by molar-refractivity contribution is 5.67. The maximum atomic E-state index is 4.48. The van der Waals surface area contributed by atoms with E-state index in [0.29, 0.717) is 0 Å². The number of rotatable bonds is 3. The second kappa shape index (κ2) is 6.60. The molecule has 1 aromatic heterocycles. The number of hydrogen-bond acceptors (Lipinski definition) is 1. The predicted octanol–water partition coefficient (Wildman–Crippen LogP) is 5.88. The number of benzene rings is 2. The first-order chi connectivity index (χ1) is 11.4. The third-order valence-electron chi connectivity index (χ3n) is 4.24. The Bertz CT molecular complexity index is 850. The van der Waals surface area contributed by atoms with Crippen molar-refractivity contribution in [2.24, 2.45) is 0 Å². The molecule has 0 amide bonds. The van der Waals surface area contributed by atoms with Gasteiger partial charge in [-0.2, -0.15) is 0 Å². The zero-order valence-corrected chi connectivity index (χ0v) is 15.3. The van der Waals surface area contributed by atoms with Crippen LogP contribution in [0.3, 0.4) is 0 Å². The summed E-state index contributed by atoms with van der Waals surface area (Å²) < 4.78 is 0. The average molecular weight is 315 g/mol. The molecule has 0 saturated carbocycles. The molecule has 0 radical (unpaired) electrons. The Morgan fingerprint density at radius 3 is 1.58 bits per heavy atom. The fraction of sp³-hybridized carbons (Fsp3) is 0.261. The molecule has 0 spiro atoms. The summed E-state index contributed by atoms with van der Waals surface area (Å²) in [5, 5.41) is 0. The summed E-state index contributed by atoms with van der Waals surface area (Å²) in [7, 11) is 0. The van der Waals surface area contributed by atoms with E-state index in [1.54, 1.807) is 0 Å². The second-order valence-corrected chi connectivity index (χ2v) is 7.02. The Kier molecular flexibility index (Phi) is 4.53. The summed E-state index contributed by atoms with van der Waals surface area (Å²) in [5.74, 6) is 0. The van der Waals surface area contributed by atoms with Crippen LogP contribution in [0, 0.1) is 34.6 Å². The van der Waals surface area contributed by atoms with Gasteiger partial charge in [0.1, 0.15) is 0 Å². The topological polar surface area (TPSA) is 12.9 Å². The Balaban J connectivity index is 1.99. The number of nitrogens with zero attached hydrogens (tertiary/aromatic N) is 1. The molecule has 122 valence electrons. The zero-order valence-electron chi connectivity index (χ0n) is 15.3. The molecule has 0 aliphatic rings. The van der Waals surface area contributed by atoms with Crippen molar-refractivity contribution in [1.29, 1.82) is 0 Å². The standard InChI is InChI=1S/C23H25N/c1-15-6-16(2)9-22(8-15)23-10-17(3)7-20(14-23)13-21-11-18(4)24-19(5)12-21/h6-12,14H,13H2,1-5H3. The van der Waals surface area contributed by atoms with Crippen molar-refractivity contribution in [2.45, 2.75) is 41.0 Å². The lowest BCUT2D eigenvalue weighted by atomic mass is 9.95. The van der Waals surface area contributed by atoms with E-state index in [4.69, 9.17) is 0 Å². The molecule has 3 aromatic rings. The molecular formula is C23H25N. The van der Waals surface area contributed by atoms with Gasteiger partial charge in [0.15, 0.2) is 0 Å². The molecule has 1 heteroatoms. The van der Waals surface area contributed by atoms with Gasteiger partial charge >= 0.3 is 0 Å². The van der Waals surface area contributed by atoms with E-state index in [1.807, 2.05) is 0 Å². The van der Waals surface area contributed by atoms with Crippen LogP contribution in [0.25, 0.3) is 11.1 Å². The summed E-state index contributed by atoms with van der Waals surface area (Å²) in [6.07, 6.45) is 0.948. The van der Waals surface area contributed by atoms with E-state index in [-0.39, 0.29) is 0 Å². The van der Waals surface area contributed by atoms with Crippen LogP contribution in [0.1, 0.15) is 39.2 Å². The zero-order chi connectivity index (χ0) is 17.3. The van der Waals surface area contributed by atoms with E-state index >= 15 is 0 Å². The van der Waals surface area contributed by atoms with Gasteiger partial charge in [-0.05, 0) is 75.4 Å². The van der Waals surface area contributed by atoms with Crippen LogP contribution in [0.2, 0.25) is 0 Å². The lowest BCUT2D eigenvalue weighted by Crippen LogP contribution is -1.95. The molecule has 3 rings (SSSR count). The van der Waals surface area contributed by atoms with Gasteiger partial charge in [-0.15, -0.1) is 0 Å². The Morgan fingerprint density at radius 1 is 0.542 bits per heavy atom. The van der Waals surface area contributed by atoms with Crippen LogP contribution < -0.4 is 0 Å². The molecule has 0 fully saturated rings. The van der Waals surface area contributed by atoms with Gasteiger partial charge in [-0.1, -0.05) is 53.1 Å². The van der Waals surface area contributed by atoms with Crippen LogP contribution in [0.5, 0.6) is 0 Å². The SMILES string of the molecule is Cc1cc(C)cc(-c2cc(C)cc(Cc3cc(C)nc(C)c3)c2)c1. The number of pyridine rings is 1. The van der Waals surface area contributed by atoms with Crippen molar-refractivity contribution in [3.63, 3.8) is 0 Å². The molecule has 24 heavy (non-hydrogen) atoms. The first-order valence-electron chi connectivity index (χ1n) is 8.52. The van der Waals surface area contributed by atoms with Crippen LogP contribution >= 0.6 is 0 Å². The minimum absolute atomic E-state index is 0.948. The lowest BCUT2D eigenvalue weighted by molar-refractivity contribution is 1.07. The molecular weight excluding hydrogens is 290 g/mol. The molecule has 0 aliphatic heterocycles. The van der Waals surface area contributed by atoms with Crippen molar-refractivity contribution in [3.8, 4) is 11.1 Å². The van der Waals surface area contributed by atoms with Crippen molar-refractivity contribution in [2.75, 3.05) is 0 Å². The van der Waals surface area contributed by atoms with E-state index in [2.05, 4.69) is 88.1 Å². The highest BCUT2D eigenvalue weighted by atomic mass is 14.7. The van der Waals surface area contributed by atoms with Gasteiger partial charge in [0, 0.05) is 11.4 Å². The molecule has 0 N–H and O–H groups in total. The molecule has 1 heterocycles. The minimum atomic E-state index is 0.948. The average Bonchev–Trinajstić information content (AvgIpc) is 2.44. The smallest absolute Gasteiger partial charge is 0.0378 e. The van der Waals surface area contributed by atoms with Crippen molar-refractivity contribution >= 4 is 0 Å². The summed E-state index contributed by atoms with van der Waals surface area (Å²) in [5.41, 5.74) is 11.4. The Hall–Kier alpha value is -2.41. The summed E-state index contributed by atoms with van der Waals surface area (Å²) in [4.78, 5) is 4.48. The number of aromatic nitrogens is 1. The third kappa shape index (κ3) is 3.91. The van der Waals surface area contributed by atoms with Crippen LogP contribution in [0.15, 0.2) is 48.5 Å². The third-order valence-corrected chi connectivity index (χ3v) is 4.24. The van der Waals surface area contributed by atoms with Gasteiger partial charge in [-0.3, -0.25) is 4.98 Å². The van der Waals surface area contributed by atoms with Crippen molar-refractivity contribution < 1.29 is 0 Å². The Labute approximate surface area is 145 Å². The minimum Gasteiger partial charge on any atom is -0.258 e. The molecule has 2 aromatic carbocycles. The van der Waals surface area contributed by atoms with Crippen LogP contribution in [0.4, 0.5) is 0 Å². The highest BCUT2D eigenvalue weighted by Crippen LogP contribution is 2.26. The van der Waals surface area contributed by atoms with Gasteiger partial charge < -0.3 is 0 Å². The van der Waals surface area contributed by atoms with Gasteiger partial charge in [0.2, 0.25) is 0 Å². The first kappa shape index (κ1) is 16.4. The fourth-order valence-electron chi connectivity index (χ4n) is 3.53. The van der Waals surface area contributed by atoms with E-state index < -0.39 is 0 Å². The normalized spacial score (nSPS) is 10.9. The van der Waals surface area contributed by atoms with Crippen LogP contribution in [-0.2, 0) is 6.42 Å². The summed E-state index contributed by atoms with van der Waals surface area (Å²) in [6, 6.07) is 18.0. The lowest BCUT2D eigenvalue weighted by Gasteiger charge is -2.11. The fourth-order valence-corrected chi connectivity index (χ4v) is 3.53. The van der Waals surface area contributed by atoms with E-state index in [0.717, 1.165) is 17.8 Å². The van der Waals surface area contributed by atoms with Gasteiger partial charge in [0.25, 0.3) is 0 Å². The van der Waals surface area contributed by atoms with Crippen molar-refractivity contribution in [3.05, 3.63) is 87.7 Å². The number of hydrogen-bond donors (Lipinski definition) is 0. The Morgan fingerprint density at radius 2 is 1.00 bits per heavy atom. The van der Waals surface area contributed by atoms with Crippen molar-refractivity contribution in [1.82, 2.24) is 4.98 Å². The highest BCUT2D eigenvalue weighted by Gasteiger charge is 2.05. The van der Waals surface area contributed by atoms with Crippen LogP contribution in [-0.4, -0.2) is 4.98 Å². The quantitative estimate of drug-likeness (QED) is 0.588. The largest absolute Gasteiger partial charge is 0.258 e. The summed E-state index contributed by atoms with van der Waals surface area (Å²) >= 11 is 0. The number of aryl methyl sites for hydroxylation is 5. The maximum Gasteiger partial charge on any atom is 0.0378 e. The molecule has 0 bridgehead atoms. The van der Waals surface area contributed by atoms with E-state index in [1.165, 1.54) is 38.9 Å². The maximum absolute atomic E-state index is 4.48. The second-order valence-electron chi connectivity index (χ2n) is 7.02. The predicted molar refractivity (Wildman–Crippen MR) is 103 cm³/mol. The summed E-state index contributed by atoms with van der Waals surface area (Å²) in [6.45, 7) is 10.6. The molecule has 0 atom stereocenters. The van der Waals surface area contributed by atoms with Gasteiger partial charge in [-0.25, -0.2) is 0 Å². The molecule has 0 unspecified atom stereocenters. The molecule has 0 saturated heterocycles. The van der Waals surface area contributed by atoms with E-state index in [9.17, 15) is 0 Å².